The lowest BCUT2D eigenvalue weighted by Crippen LogP contribution is -2.40. The summed E-state index contributed by atoms with van der Waals surface area (Å²) in [5.74, 6) is -0.501. The lowest BCUT2D eigenvalue weighted by molar-refractivity contribution is -0.142. The molecule has 1 heterocycles. The minimum Gasteiger partial charge on any atom is -0.354 e. The highest BCUT2D eigenvalue weighted by molar-refractivity contribution is 5.84. The maximum absolute atomic E-state index is 13.5. The number of nitrogens with one attached hydrogen (secondary N) is 1. The van der Waals surface area contributed by atoms with Crippen molar-refractivity contribution in [2.24, 2.45) is 0 Å². The zero-order valence-electron chi connectivity index (χ0n) is 17.6. The molecule has 31 heavy (non-hydrogen) atoms. The van der Waals surface area contributed by atoms with Gasteiger partial charge in [0, 0.05) is 6.54 Å². The number of rotatable bonds is 6. The number of amides is 1. The van der Waals surface area contributed by atoms with Crippen molar-refractivity contribution in [3.63, 3.8) is 0 Å². The Labute approximate surface area is 177 Å². The lowest BCUT2D eigenvalue weighted by atomic mass is 10.1. The molecule has 164 valence electrons. The third-order valence-electron chi connectivity index (χ3n) is 5.33. The second-order valence-electron chi connectivity index (χ2n) is 7.51. The van der Waals surface area contributed by atoms with Crippen LogP contribution in [-0.2, 0) is 17.4 Å². The second kappa shape index (κ2) is 8.91. The highest BCUT2D eigenvalue weighted by Crippen LogP contribution is 2.29. The van der Waals surface area contributed by atoms with Gasteiger partial charge in [-0.25, -0.2) is 4.98 Å². The highest BCUT2D eigenvalue weighted by Gasteiger charge is 2.38. The van der Waals surface area contributed by atoms with Gasteiger partial charge in [-0.3, -0.25) is 14.2 Å². The van der Waals surface area contributed by atoms with Crippen molar-refractivity contribution in [1.29, 1.82) is 0 Å². The molecular weight excluding hydrogens is 407 g/mol. The summed E-state index contributed by atoms with van der Waals surface area (Å²) in [5, 5.41) is 2.76. The van der Waals surface area contributed by atoms with Crippen molar-refractivity contribution in [2.75, 3.05) is 6.54 Å². The number of benzene rings is 2. The Morgan fingerprint density at radius 3 is 2.39 bits per heavy atom. The highest BCUT2D eigenvalue weighted by atomic mass is 19.4. The van der Waals surface area contributed by atoms with Crippen LogP contribution in [0.25, 0.3) is 11.0 Å². The van der Waals surface area contributed by atoms with Crippen LogP contribution in [0.3, 0.4) is 0 Å². The molecule has 1 aromatic heterocycles. The zero-order chi connectivity index (χ0) is 22.8. The van der Waals surface area contributed by atoms with Gasteiger partial charge in [-0.05, 0) is 55.5 Å². The smallest absolute Gasteiger partial charge is 0.354 e. The van der Waals surface area contributed by atoms with Crippen LogP contribution in [0, 0.1) is 13.8 Å². The zero-order valence-corrected chi connectivity index (χ0v) is 17.6. The number of hydrogen-bond donors (Lipinski definition) is 1. The van der Waals surface area contributed by atoms with Crippen LogP contribution < -0.4 is 10.9 Å². The van der Waals surface area contributed by atoms with Crippen molar-refractivity contribution in [1.82, 2.24) is 14.9 Å². The molecule has 1 unspecified atom stereocenters. The van der Waals surface area contributed by atoms with Gasteiger partial charge in [0.15, 0.2) is 0 Å². The monoisotopic (exact) mass is 431 g/mol. The quantitative estimate of drug-likeness (QED) is 0.632. The molecule has 0 fully saturated rings. The van der Waals surface area contributed by atoms with E-state index in [2.05, 4.69) is 10.3 Å². The van der Waals surface area contributed by atoms with Crippen LogP contribution in [0.5, 0.6) is 0 Å². The van der Waals surface area contributed by atoms with E-state index in [0.29, 0.717) is 13.0 Å². The molecule has 0 aliphatic heterocycles. The summed E-state index contributed by atoms with van der Waals surface area (Å²) in [6.45, 7) is 5.52. The Bertz CT molecular complexity index is 1150. The van der Waals surface area contributed by atoms with Crippen molar-refractivity contribution in [3.05, 3.63) is 75.2 Å². The number of carbonyl (C=O) groups excluding carboxylic acids is 1. The maximum Gasteiger partial charge on any atom is 0.438 e. The summed E-state index contributed by atoms with van der Waals surface area (Å²) in [6.07, 6.45) is -4.20. The van der Waals surface area contributed by atoms with Gasteiger partial charge in [0.2, 0.25) is 11.6 Å². The van der Waals surface area contributed by atoms with E-state index in [1.807, 2.05) is 30.3 Å². The van der Waals surface area contributed by atoms with Gasteiger partial charge < -0.3 is 5.32 Å². The first kappa shape index (κ1) is 22.5. The number of fused-ring (bicyclic) bond motifs is 1. The van der Waals surface area contributed by atoms with Crippen LogP contribution in [0.4, 0.5) is 13.2 Å². The number of nitrogens with zero attached hydrogens (tertiary/aromatic N) is 2. The normalized spacial score (nSPS) is 12.7. The molecule has 8 heteroatoms. The first-order valence-electron chi connectivity index (χ1n) is 10.1. The largest absolute Gasteiger partial charge is 0.438 e. The number of carbonyl (C=O) groups is 1. The number of aryl methyl sites for hydroxylation is 2. The molecule has 0 saturated heterocycles. The fourth-order valence-electron chi connectivity index (χ4n) is 3.53. The predicted molar refractivity (Wildman–Crippen MR) is 113 cm³/mol. The predicted octanol–water partition coefficient (Wildman–Crippen LogP) is 4.34. The molecular formula is C23H24F3N3O2. The first-order chi connectivity index (χ1) is 14.6. The molecule has 1 N–H and O–H groups in total. The second-order valence-corrected chi connectivity index (χ2v) is 7.51. The lowest BCUT2D eigenvalue weighted by Gasteiger charge is -2.22. The van der Waals surface area contributed by atoms with E-state index in [9.17, 15) is 22.8 Å². The molecule has 0 radical (unpaired) electrons. The van der Waals surface area contributed by atoms with Crippen molar-refractivity contribution in [2.45, 2.75) is 45.8 Å². The van der Waals surface area contributed by atoms with Crippen molar-refractivity contribution in [3.8, 4) is 0 Å². The summed E-state index contributed by atoms with van der Waals surface area (Å²) in [6, 6.07) is 11.5. The van der Waals surface area contributed by atoms with Crippen LogP contribution in [0.15, 0.2) is 47.3 Å². The Morgan fingerprint density at radius 1 is 1.13 bits per heavy atom. The Morgan fingerprint density at radius 2 is 1.77 bits per heavy atom. The molecule has 3 rings (SSSR count). The maximum atomic E-state index is 13.5. The molecule has 0 aliphatic rings. The summed E-state index contributed by atoms with van der Waals surface area (Å²) in [4.78, 5) is 29.3. The van der Waals surface area contributed by atoms with Gasteiger partial charge in [0.1, 0.15) is 6.04 Å². The van der Waals surface area contributed by atoms with Gasteiger partial charge in [-0.15, -0.1) is 0 Å². The average molecular weight is 431 g/mol. The summed E-state index contributed by atoms with van der Waals surface area (Å²) < 4.78 is 41.5. The molecule has 2 aromatic carbocycles. The van der Waals surface area contributed by atoms with Crippen LogP contribution in [0.1, 0.15) is 41.8 Å². The van der Waals surface area contributed by atoms with Gasteiger partial charge in [-0.2, -0.15) is 13.2 Å². The molecule has 5 nitrogen and oxygen atoms in total. The molecule has 0 aliphatic carbocycles. The Hall–Kier alpha value is -3.16. The Kier molecular flexibility index (Phi) is 6.48. The molecule has 0 saturated carbocycles. The molecule has 1 atom stereocenters. The molecule has 1 amide bonds. The number of halogens is 3. The third-order valence-corrected chi connectivity index (χ3v) is 5.33. The van der Waals surface area contributed by atoms with Gasteiger partial charge in [-0.1, -0.05) is 37.3 Å². The molecule has 0 spiro atoms. The first-order valence-corrected chi connectivity index (χ1v) is 10.1. The summed E-state index contributed by atoms with van der Waals surface area (Å²) in [5.41, 5.74) is -0.0168. The van der Waals surface area contributed by atoms with Crippen LogP contribution in [0.2, 0.25) is 0 Å². The van der Waals surface area contributed by atoms with E-state index in [1.165, 1.54) is 6.07 Å². The topological polar surface area (TPSA) is 64.0 Å². The Balaban J connectivity index is 2.03. The molecule has 3 aromatic rings. The van der Waals surface area contributed by atoms with E-state index in [-0.39, 0.29) is 17.5 Å². The number of alkyl halides is 3. The standard InChI is InChI=1S/C23H24F3N3O2/c1-4-18(21(30)27-11-10-16-8-6-5-7-9-16)29-19-13-15(3)14(2)12-17(19)28-20(22(29)31)23(24,25)26/h5-9,12-13,18H,4,10-11H2,1-3H3,(H,27,30). The van der Waals surface area contributed by atoms with E-state index < -0.39 is 29.4 Å². The fourth-order valence-corrected chi connectivity index (χ4v) is 3.53. The number of hydrogen-bond acceptors (Lipinski definition) is 3. The van der Waals surface area contributed by atoms with Gasteiger partial charge in [0.25, 0.3) is 5.56 Å². The van der Waals surface area contributed by atoms with E-state index >= 15 is 0 Å². The van der Waals surface area contributed by atoms with Crippen molar-refractivity contribution >= 4 is 16.9 Å². The fraction of sp³-hybridized carbons (Fsp3) is 0.348. The van der Waals surface area contributed by atoms with E-state index in [0.717, 1.165) is 21.3 Å². The van der Waals surface area contributed by atoms with Gasteiger partial charge in [0.05, 0.1) is 11.0 Å². The van der Waals surface area contributed by atoms with Crippen molar-refractivity contribution < 1.29 is 18.0 Å². The average Bonchev–Trinajstić information content (AvgIpc) is 2.71. The SMILES string of the molecule is CCC(C(=O)NCCc1ccccc1)n1c(=O)c(C(F)(F)F)nc2cc(C)c(C)cc21. The van der Waals surface area contributed by atoms with E-state index in [1.54, 1.807) is 26.8 Å². The van der Waals surface area contributed by atoms with Gasteiger partial charge >= 0.3 is 6.18 Å². The van der Waals surface area contributed by atoms with Crippen LogP contribution >= 0.6 is 0 Å². The summed E-state index contributed by atoms with van der Waals surface area (Å²) in [7, 11) is 0. The third kappa shape index (κ3) is 4.78. The van der Waals surface area contributed by atoms with Crippen LogP contribution in [-0.4, -0.2) is 22.0 Å². The molecule has 0 bridgehead atoms. The minimum atomic E-state index is -4.92. The van der Waals surface area contributed by atoms with E-state index in [4.69, 9.17) is 0 Å². The minimum absolute atomic E-state index is 0.0329. The summed E-state index contributed by atoms with van der Waals surface area (Å²) >= 11 is 0. The number of aromatic nitrogens is 2.